The molecule has 0 radical (unpaired) electrons. The van der Waals surface area contributed by atoms with Crippen LogP contribution in [0.1, 0.15) is 27.0 Å². The fourth-order valence-electron chi connectivity index (χ4n) is 2.90. The van der Waals surface area contributed by atoms with E-state index in [0.29, 0.717) is 13.1 Å². The summed E-state index contributed by atoms with van der Waals surface area (Å²) in [6.45, 7) is 1.20. The number of amides is 1. The predicted octanol–water partition coefficient (Wildman–Crippen LogP) is 5.39. The van der Waals surface area contributed by atoms with Gasteiger partial charge in [0.05, 0.1) is 0 Å². The molecular weight excluding hydrogens is 338 g/mol. The predicted molar refractivity (Wildman–Crippen MR) is 110 cm³/mol. The van der Waals surface area contributed by atoms with Crippen LogP contribution in [0.25, 0.3) is 0 Å². The molecule has 1 amide bonds. The van der Waals surface area contributed by atoms with Crippen LogP contribution in [0.5, 0.6) is 0 Å². The van der Waals surface area contributed by atoms with Gasteiger partial charge in [0.2, 0.25) is 0 Å². The van der Waals surface area contributed by atoms with Gasteiger partial charge in [-0.3, -0.25) is 4.79 Å². The maximum Gasteiger partial charge on any atom is 0.254 e. The van der Waals surface area contributed by atoms with Gasteiger partial charge in [-0.25, -0.2) is 0 Å². The Morgan fingerprint density at radius 1 is 0.731 bits per heavy atom. The van der Waals surface area contributed by atoms with E-state index in [1.807, 2.05) is 65.6 Å². The molecule has 132 valence electrons. The first-order valence-electron chi connectivity index (χ1n) is 8.71. The molecule has 2 nitrogen and oxygen atoms in total. The number of thioether (sulfide) groups is 1. The van der Waals surface area contributed by atoms with Gasteiger partial charge in [-0.1, -0.05) is 72.8 Å². The number of benzene rings is 3. The van der Waals surface area contributed by atoms with Crippen molar-refractivity contribution in [2.24, 2.45) is 0 Å². The minimum absolute atomic E-state index is 0.0633. The van der Waals surface area contributed by atoms with Crippen molar-refractivity contribution in [1.29, 1.82) is 0 Å². The Balaban J connectivity index is 1.82. The van der Waals surface area contributed by atoms with Crippen molar-refractivity contribution in [2.75, 3.05) is 6.26 Å². The topological polar surface area (TPSA) is 20.3 Å². The summed E-state index contributed by atoms with van der Waals surface area (Å²) < 4.78 is 0. The Hall–Kier alpha value is -2.52. The maximum atomic E-state index is 13.1. The summed E-state index contributed by atoms with van der Waals surface area (Å²) in [5.74, 6) is 1.03. The summed E-state index contributed by atoms with van der Waals surface area (Å²) in [6, 6.07) is 28.3. The molecular formula is C23H23NOS. The lowest BCUT2D eigenvalue weighted by atomic mass is 10.1. The average Bonchev–Trinajstić information content (AvgIpc) is 2.69. The molecule has 3 aromatic rings. The van der Waals surface area contributed by atoms with Crippen LogP contribution in [0.4, 0.5) is 0 Å². The Kier molecular flexibility index (Phi) is 6.50. The standard InChI is InChI=1S/C23H23NOS/c1-26-18-21-12-14-22(15-13-21)23(25)24(16-19-8-4-2-5-9-19)17-20-10-6-3-7-11-20/h2-15H,16-18H2,1H3. The number of rotatable bonds is 7. The van der Waals surface area contributed by atoms with E-state index in [0.717, 1.165) is 22.4 Å². The van der Waals surface area contributed by atoms with E-state index >= 15 is 0 Å². The van der Waals surface area contributed by atoms with Crippen molar-refractivity contribution < 1.29 is 4.79 Å². The smallest absolute Gasteiger partial charge is 0.254 e. The first kappa shape index (κ1) is 18.3. The fraction of sp³-hybridized carbons (Fsp3) is 0.174. The molecule has 0 aliphatic carbocycles. The van der Waals surface area contributed by atoms with Crippen LogP contribution in [0, 0.1) is 0 Å². The highest BCUT2D eigenvalue weighted by molar-refractivity contribution is 7.97. The van der Waals surface area contributed by atoms with Crippen LogP contribution >= 0.6 is 11.8 Å². The zero-order valence-corrected chi connectivity index (χ0v) is 15.8. The van der Waals surface area contributed by atoms with Crippen LogP contribution in [-0.2, 0) is 18.8 Å². The summed E-state index contributed by atoms with van der Waals surface area (Å²) in [4.78, 5) is 15.1. The minimum Gasteiger partial charge on any atom is -0.330 e. The monoisotopic (exact) mass is 361 g/mol. The number of carbonyl (C=O) groups excluding carboxylic acids is 1. The Morgan fingerprint density at radius 3 is 1.69 bits per heavy atom. The molecule has 0 aliphatic rings. The van der Waals surface area contributed by atoms with Gasteiger partial charge in [-0.15, -0.1) is 0 Å². The molecule has 3 rings (SSSR count). The molecule has 0 unspecified atom stereocenters. The van der Waals surface area contributed by atoms with E-state index < -0.39 is 0 Å². The maximum absolute atomic E-state index is 13.1. The fourth-order valence-corrected chi connectivity index (χ4v) is 3.43. The van der Waals surface area contributed by atoms with Crippen molar-refractivity contribution in [3.05, 3.63) is 107 Å². The normalized spacial score (nSPS) is 10.5. The van der Waals surface area contributed by atoms with Gasteiger partial charge in [0, 0.05) is 24.4 Å². The van der Waals surface area contributed by atoms with Gasteiger partial charge in [-0.05, 0) is 35.1 Å². The third-order valence-electron chi connectivity index (χ3n) is 4.23. The summed E-state index contributed by atoms with van der Waals surface area (Å²) in [5, 5.41) is 0. The average molecular weight is 362 g/mol. The van der Waals surface area contributed by atoms with Crippen LogP contribution < -0.4 is 0 Å². The third kappa shape index (κ3) is 4.99. The largest absolute Gasteiger partial charge is 0.330 e. The molecule has 0 atom stereocenters. The minimum atomic E-state index is 0.0633. The summed E-state index contributed by atoms with van der Waals surface area (Å²) in [6.07, 6.45) is 2.08. The lowest BCUT2D eigenvalue weighted by molar-refractivity contribution is 0.0730. The number of nitrogens with zero attached hydrogens (tertiary/aromatic N) is 1. The highest BCUT2D eigenvalue weighted by Crippen LogP contribution is 2.16. The molecule has 3 heteroatoms. The molecule has 3 aromatic carbocycles. The first-order chi connectivity index (χ1) is 12.8. The third-order valence-corrected chi connectivity index (χ3v) is 4.85. The van der Waals surface area contributed by atoms with Gasteiger partial charge >= 0.3 is 0 Å². The molecule has 0 saturated heterocycles. The summed E-state index contributed by atoms with van der Waals surface area (Å²) in [7, 11) is 0. The molecule has 0 N–H and O–H groups in total. The van der Waals surface area contributed by atoms with Crippen LogP contribution in [-0.4, -0.2) is 17.1 Å². The number of hydrogen-bond acceptors (Lipinski definition) is 2. The summed E-state index contributed by atoms with van der Waals surface area (Å²) >= 11 is 1.78. The van der Waals surface area contributed by atoms with E-state index in [2.05, 4.69) is 30.5 Å². The molecule has 0 bridgehead atoms. The highest BCUT2D eigenvalue weighted by atomic mass is 32.2. The molecule has 0 fully saturated rings. The molecule has 26 heavy (non-hydrogen) atoms. The zero-order chi connectivity index (χ0) is 18.2. The lowest BCUT2D eigenvalue weighted by Gasteiger charge is -2.23. The molecule has 0 saturated carbocycles. The molecule has 0 aromatic heterocycles. The number of carbonyl (C=O) groups is 1. The first-order valence-corrected chi connectivity index (χ1v) is 10.1. The van der Waals surface area contributed by atoms with Gasteiger partial charge in [-0.2, -0.15) is 11.8 Å². The summed E-state index contributed by atoms with van der Waals surface area (Å²) in [5.41, 5.74) is 4.25. The molecule has 0 heterocycles. The quantitative estimate of drug-likeness (QED) is 0.562. The molecule has 0 spiro atoms. The van der Waals surface area contributed by atoms with Gasteiger partial charge in [0.15, 0.2) is 0 Å². The van der Waals surface area contributed by atoms with E-state index in [-0.39, 0.29) is 5.91 Å². The second-order valence-electron chi connectivity index (χ2n) is 6.26. The Labute approximate surface area is 159 Å². The van der Waals surface area contributed by atoms with Gasteiger partial charge in [0.1, 0.15) is 0 Å². The van der Waals surface area contributed by atoms with E-state index in [9.17, 15) is 4.79 Å². The Bertz CT molecular complexity index is 774. The van der Waals surface area contributed by atoms with E-state index in [4.69, 9.17) is 0 Å². The molecule has 0 aliphatic heterocycles. The zero-order valence-electron chi connectivity index (χ0n) is 15.0. The van der Waals surface area contributed by atoms with Gasteiger partial charge < -0.3 is 4.90 Å². The van der Waals surface area contributed by atoms with E-state index in [1.165, 1.54) is 5.56 Å². The van der Waals surface area contributed by atoms with Crippen molar-refractivity contribution in [2.45, 2.75) is 18.8 Å². The van der Waals surface area contributed by atoms with Crippen LogP contribution in [0.15, 0.2) is 84.9 Å². The SMILES string of the molecule is CSCc1ccc(C(=O)N(Cc2ccccc2)Cc2ccccc2)cc1. The highest BCUT2D eigenvalue weighted by Gasteiger charge is 2.16. The van der Waals surface area contributed by atoms with Gasteiger partial charge in [0.25, 0.3) is 5.91 Å². The van der Waals surface area contributed by atoms with Crippen molar-refractivity contribution in [3.8, 4) is 0 Å². The number of hydrogen-bond donors (Lipinski definition) is 0. The van der Waals surface area contributed by atoms with Crippen LogP contribution in [0.3, 0.4) is 0 Å². The lowest BCUT2D eigenvalue weighted by Crippen LogP contribution is -2.30. The van der Waals surface area contributed by atoms with E-state index in [1.54, 1.807) is 11.8 Å². The second-order valence-corrected chi connectivity index (χ2v) is 7.13. The van der Waals surface area contributed by atoms with Crippen molar-refractivity contribution in [3.63, 3.8) is 0 Å². The van der Waals surface area contributed by atoms with Crippen molar-refractivity contribution >= 4 is 17.7 Å². The van der Waals surface area contributed by atoms with Crippen molar-refractivity contribution in [1.82, 2.24) is 4.90 Å². The van der Waals surface area contributed by atoms with Crippen LogP contribution in [0.2, 0.25) is 0 Å². The second kappa shape index (κ2) is 9.25. The Morgan fingerprint density at radius 2 is 1.23 bits per heavy atom.